The molecule has 7 heteroatoms. The summed E-state index contributed by atoms with van der Waals surface area (Å²) in [6, 6.07) is 2.00. The minimum Gasteiger partial charge on any atom is -0.463 e. The Labute approximate surface area is 153 Å². The standard InChI is InChI=1S/C19H19N2O5/c1-5-25-19(24)16-11(2)26-18(21(12(3)22)13(4)23)15(10-20)17(16)14-8-6-7-9-14/h6-9,17H,5H2,1-4H3. The second-order valence-electron chi connectivity index (χ2n) is 5.65. The zero-order valence-corrected chi connectivity index (χ0v) is 15.0. The molecule has 1 heterocycles. The van der Waals surface area contributed by atoms with Gasteiger partial charge in [0.25, 0.3) is 0 Å². The van der Waals surface area contributed by atoms with E-state index in [9.17, 15) is 19.6 Å². The fourth-order valence-corrected chi connectivity index (χ4v) is 2.90. The number of nitriles is 1. The summed E-state index contributed by atoms with van der Waals surface area (Å²) in [6.07, 6.45) is 7.04. The summed E-state index contributed by atoms with van der Waals surface area (Å²) in [5.74, 6) is -1.92. The van der Waals surface area contributed by atoms with Gasteiger partial charge in [0.05, 0.1) is 17.8 Å². The van der Waals surface area contributed by atoms with Crippen molar-refractivity contribution in [2.24, 2.45) is 5.92 Å². The molecule has 2 amide bonds. The Balaban J connectivity index is 2.62. The number of imide groups is 1. The highest BCUT2D eigenvalue weighted by atomic mass is 16.5. The molecule has 0 bridgehead atoms. The third kappa shape index (κ3) is 3.64. The van der Waals surface area contributed by atoms with E-state index in [1.54, 1.807) is 32.6 Å². The topological polar surface area (TPSA) is 96.7 Å². The number of carbonyl (C=O) groups is 3. The molecule has 1 saturated carbocycles. The van der Waals surface area contributed by atoms with Gasteiger partial charge >= 0.3 is 5.97 Å². The number of allylic oxidation sites excluding steroid dienone is 2. The zero-order valence-electron chi connectivity index (χ0n) is 15.0. The van der Waals surface area contributed by atoms with E-state index in [2.05, 4.69) is 0 Å². The maximum atomic E-state index is 12.5. The van der Waals surface area contributed by atoms with E-state index in [0.29, 0.717) is 5.92 Å². The van der Waals surface area contributed by atoms with Gasteiger partial charge in [-0.1, -0.05) is 0 Å². The van der Waals surface area contributed by atoms with Crippen LogP contribution in [-0.4, -0.2) is 29.3 Å². The first-order chi connectivity index (χ1) is 12.3. The predicted octanol–water partition coefficient (Wildman–Crippen LogP) is 2.01. The van der Waals surface area contributed by atoms with Crippen LogP contribution in [0, 0.1) is 48.9 Å². The molecule has 1 aliphatic heterocycles. The normalized spacial score (nSPS) is 20.5. The molecule has 7 nitrogen and oxygen atoms in total. The fourth-order valence-electron chi connectivity index (χ4n) is 2.90. The van der Waals surface area contributed by atoms with E-state index in [-0.39, 0.29) is 29.4 Å². The molecular weight excluding hydrogens is 336 g/mol. The lowest BCUT2D eigenvalue weighted by Gasteiger charge is -2.33. The van der Waals surface area contributed by atoms with Gasteiger partial charge in [0.1, 0.15) is 11.8 Å². The monoisotopic (exact) mass is 355 g/mol. The lowest BCUT2D eigenvalue weighted by Crippen LogP contribution is -2.38. The summed E-state index contributed by atoms with van der Waals surface area (Å²) in [4.78, 5) is 37.1. The van der Waals surface area contributed by atoms with Gasteiger partial charge in [-0.25, -0.2) is 9.69 Å². The van der Waals surface area contributed by atoms with Crippen LogP contribution in [-0.2, 0) is 23.9 Å². The molecule has 0 aromatic heterocycles. The van der Waals surface area contributed by atoms with Crippen LogP contribution in [0.25, 0.3) is 0 Å². The number of hydrogen-bond donors (Lipinski definition) is 0. The van der Waals surface area contributed by atoms with Crippen molar-refractivity contribution in [1.29, 1.82) is 5.26 Å². The third-order valence-corrected chi connectivity index (χ3v) is 3.91. The molecule has 0 spiro atoms. The predicted molar refractivity (Wildman–Crippen MR) is 90.2 cm³/mol. The molecule has 1 aliphatic carbocycles. The van der Waals surface area contributed by atoms with E-state index < -0.39 is 23.7 Å². The van der Waals surface area contributed by atoms with Crippen molar-refractivity contribution in [3.8, 4) is 6.07 Å². The van der Waals surface area contributed by atoms with E-state index in [1.165, 1.54) is 20.8 Å². The summed E-state index contributed by atoms with van der Waals surface area (Å²) in [7, 11) is 0. The van der Waals surface area contributed by atoms with Crippen LogP contribution in [0.4, 0.5) is 0 Å². The number of carbonyl (C=O) groups excluding carboxylic acids is 3. The molecule has 1 fully saturated rings. The lowest BCUT2D eigenvalue weighted by atomic mass is 9.78. The van der Waals surface area contributed by atoms with Crippen molar-refractivity contribution in [1.82, 2.24) is 4.90 Å². The summed E-state index contributed by atoms with van der Waals surface area (Å²) >= 11 is 0. The van der Waals surface area contributed by atoms with Crippen molar-refractivity contribution in [3.63, 3.8) is 0 Å². The van der Waals surface area contributed by atoms with Gasteiger partial charge in [-0.3, -0.25) is 9.59 Å². The summed E-state index contributed by atoms with van der Waals surface area (Å²) in [5.41, 5.74) is 0.167. The summed E-state index contributed by atoms with van der Waals surface area (Å²) < 4.78 is 10.7. The van der Waals surface area contributed by atoms with Gasteiger partial charge in [0.15, 0.2) is 0 Å². The second-order valence-corrected chi connectivity index (χ2v) is 5.65. The molecule has 0 N–H and O–H groups in total. The number of hydrogen-bond acceptors (Lipinski definition) is 6. The first kappa shape index (κ1) is 19.7. The first-order valence-corrected chi connectivity index (χ1v) is 8.06. The first-order valence-electron chi connectivity index (χ1n) is 8.06. The average Bonchev–Trinajstić information content (AvgIpc) is 3.07. The number of ether oxygens (including phenoxy) is 2. The Morgan fingerprint density at radius 1 is 1.23 bits per heavy atom. The molecule has 0 saturated heterocycles. The SMILES string of the molecule is CCOC(=O)C1=C(C)OC(N(C(C)=O)C(C)=O)=C(C#N)C1[C]1[CH][CH][CH][CH]1. The molecule has 1 unspecified atom stereocenters. The van der Waals surface area contributed by atoms with Crippen LogP contribution in [0.1, 0.15) is 27.7 Å². The van der Waals surface area contributed by atoms with Crippen LogP contribution >= 0.6 is 0 Å². The number of nitrogens with zero attached hydrogens (tertiary/aromatic N) is 2. The number of esters is 1. The molecule has 26 heavy (non-hydrogen) atoms. The average molecular weight is 355 g/mol. The van der Waals surface area contributed by atoms with Crippen molar-refractivity contribution >= 4 is 17.8 Å². The molecule has 0 aromatic rings. The fraction of sp³-hybridized carbons (Fsp3) is 0.316. The van der Waals surface area contributed by atoms with Crippen LogP contribution < -0.4 is 0 Å². The molecule has 2 rings (SSSR count). The minimum absolute atomic E-state index is 0.00440. The maximum Gasteiger partial charge on any atom is 0.338 e. The van der Waals surface area contributed by atoms with Gasteiger partial charge in [0.2, 0.25) is 17.7 Å². The molecule has 5 radical (unpaired) electrons. The third-order valence-electron chi connectivity index (χ3n) is 3.91. The zero-order chi connectivity index (χ0) is 19.4. The van der Waals surface area contributed by atoms with Gasteiger partial charge in [-0.05, 0) is 45.4 Å². The van der Waals surface area contributed by atoms with Crippen molar-refractivity contribution in [2.75, 3.05) is 6.61 Å². The van der Waals surface area contributed by atoms with E-state index in [0.717, 1.165) is 4.90 Å². The number of rotatable bonds is 4. The van der Waals surface area contributed by atoms with Crippen LogP contribution in [0.5, 0.6) is 0 Å². The molecule has 2 aliphatic rings. The summed E-state index contributed by atoms with van der Waals surface area (Å²) in [5, 5.41) is 9.75. The Hall–Kier alpha value is -2.62. The molecule has 135 valence electrons. The van der Waals surface area contributed by atoms with Crippen LogP contribution in [0.2, 0.25) is 0 Å². The molecule has 1 atom stereocenters. The highest BCUT2D eigenvalue weighted by Crippen LogP contribution is 2.45. The Morgan fingerprint density at radius 2 is 1.81 bits per heavy atom. The highest BCUT2D eigenvalue weighted by Gasteiger charge is 2.44. The maximum absolute atomic E-state index is 12.5. The van der Waals surface area contributed by atoms with Gasteiger partial charge in [-0.2, -0.15) is 5.26 Å². The molecular formula is C19H19N2O5. The van der Waals surface area contributed by atoms with Gasteiger partial charge in [0, 0.05) is 19.8 Å². The second kappa shape index (κ2) is 8.17. The van der Waals surface area contributed by atoms with Crippen LogP contribution in [0.3, 0.4) is 0 Å². The van der Waals surface area contributed by atoms with Crippen molar-refractivity contribution < 1.29 is 23.9 Å². The quantitative estimate of drug-likeness (QED) is 0.716. The van der Waals surface area contributed by atoms with Crippen LogP contribution in [0.15, 0.2) is 22.8 Å². The smallest absolute Gasteiger partial charge is 0.338 e. The molecule has 0 aromatic carbocycles. The largest absolute Gasteiger partial charge is 0.463 e. The Kier molecular flexibility index (Phi) is 6.19. The van der Waals surface area contributed by atoms with Crippen molar-refractivity contribution in [3.05, 3.63) is 54.4 Å². The summed E-state index contributed by atoms with van der Waals surface area (Å²) in [6.45, 7) is 5.77. The lowest BCUT2D eigenvalue weighted by molar-refractivity contribution is -0.142. The van der Waals surface area contributed by atoms with Gasteiger partial charge < -0.3 is 9.47 Å². The number of amides is 2. The van der Waals surface area contributed by atoms with E-state index in [1.807, 2.05) is 6.07 Å². The minimum atomic E-state index is -0.793. The Morgan fingerprint density at radius 3 is 2.27 bits per heavy atom. The highest BCUT2D eigenvalue weighted by molar-refractivity contribution is 5.96. The van der Waals surface area contributed by atoms with E-state index >= 15 is 0 Å². The van der Waals surface area contributed by atoms with E-state index in [4.69, 9.17) is 9.47 Å². The Bertz CT molecular complexity index is 709. The van der Waals surface area contributed by atoms with Crippen molar-refractivity contribution in [2.45, 2.75) is 27.7 Å². The van der Waals surface area contributed by atoms with Gasteiger partial charge in [-0.15, -0.1) is 0 Å².